The van der Waals surface area contributed by atoms with Gasteiger partial charge < -0.3 is 19.3 Å². The zero-order valence-corrected chi connectivity index (χ0v) is 24.5. The van der Waals surface area contributed by atoms with Gasteiger partial charge in [0.25, 0.3) is 0 Å². The van der Waals surface area contributed by atoms with Crippen LogP contribution in [0.2, 0.25) is 0 Å². The van der Waals surface area contributed by atoms with Crippen LogP contribution in [-0.4, -0.2) is 65.0 Å². The molecule has 2 saturated heterocycles. The second-order valence-electron chi connectivity index (χ2n) is 11.0. The largest absolute Gasteiger partial charge is 0.497 e. The average molecular weight is 650 g/mol. The normalized spacial score (nSPS) is 18.8. The number of carbonyl (C=O) groups excluding carboxylic acids is 3. The molecule has 3 amide bonds. The van der Waals surface area contributed by atoms with Crippen LogP contribution in [0.15, 0.2) is 72.8 Å². The molecule has 46 heavy (non-hydrogen) atoms. The maximum Gasteiger partial charge on any atom is 0.416 e. The van der Waals surface area contributed by atoms with Gasteiger partial charge in [-0.3, -0.25) is 14.5 Å². The van der Waals surface area contributed by atoms with E-state index in [1.165, 1.54) is 21.8 Å². The van der Waals surface area contributed by atoms with Crippen molar-refractivity contribution in [3.63, 3.8) is 0 Å². The first-order chi connectivity index (χ1) is 21.7. The van der Waals surface area contributed by atoms with Crippen LogP contribution in [0.1, 0.15) is 34.2 Å². The molecule has 2 aliphatic heterocycles. The zero-order valence-electron chi connectivity index (χ0n) is 24.5. The van der Waals surface area contributed by atoms with Crippen molar-refractivity contribution in [1.29, 1.82) is 0 Å². The van der Waals surface area contributed by atoms with Crippen molar-refractivity contribution < 1.29 is 50.2 Å². The third-order valence-electron chi connectivity index (χ3n) is 7.91. The van der Waals surface area contributed by atoms with Crippen LogP contribution in [0.5, 0.6) is 5.75 Å². The summed E-state index contributed by atoms with van der Waals surface area (Å²) in [4.78, 5) is 44.1. The van der Waals surface area contributed by atoms with Gasteiger partial charge in [0, 0.05) is 19.0 Å². The Morgan fingerprint density at radius 1 is 0.826 bits per heavy atom. The lowest BCUT2D eigenvalue weighted by Crippen LogP contribution is -2.70. The first-order valence-electron chi connectivity index (χ1n) is 14.2. The average Bonchev–Trinajstić information content (AvgIpc) is 3.01. The summed E-state index contributed by atoms with van der Waals surface area (Å²) in [6.45, 7) is -1.17. The van der Waals surface area contributed by atoms with E-state index in [1.807, 2.05) is 0 Å². The lowest BCUT2D eigenvalue weighted by atomic mass is 9.96. The number of benzene rings is 3. The van der Waals surface area contributed by atoms with Gasteiger partial charge in [-0.05, 0) is 53.4 Å². The Hall–Kier alpha value is -4.75. The number of amides is 3. The number of fused-ring (bicyclic) bond motifs is 1. The van der Waals surface area contributed by atoms with E-state index >= 15 is 0 Å². The van der Waals surface area contributed by atoms with E-state index in [9.17, 15) is 40.7 Å². The lowest BCUT2D eigenvalue weighted by Gasteiger charge is -2.51. The second kappa shape index (κ2) is 12.9. The summed E-state index contributed by atoms with van der Waals surface area (Å²) in [5.41, 5.74) is -2.05. The fourth-order valence-corrected chi connectivity index (χ4v) is 5.66. The number of methoxy groups -OCH3 is 1. The van der Waals surface area contributed by atoms with Gasteiger partial charge in [-0.2, -0.15) is 26.3 Å². The highest BCUT2D eigenvalue weighted by Crippen LogP contribution is 2.37. The van der Waals surface area contributed by atoms with Crippen LogP contribution < -0.4 is 4.74 Å². The molecule has 2 atom stereocenters. The Kier molecular flexibility index (Phi) is 9.17. The predicted molar refractivity (Wildman–Crippen MR) is 151 cm³/mol. The van der Waals surface area contributed by atoms with Crippen molar-refractivity contribution in [2.75, 3.05) is 20.2 Å². The van der Waals surface area contributed by atoms with Crippen molar-refractivity contribution in [2.45, 2.75) is 50.6 Å². The molecule has 0 bridgehead atoms. The maximum atomic E-state index is 13.7. The number of rotatable bonds is 7. The molecule has 3 aromatic rings. The van der Waals surface area contributed by atoms with E-state index in [0.717, 1.165) is 11.1 Å². The molecule has 0 spiro atoms. The molecular weight excluding hydrogens is 620 g/mol. The second-order valence-corrected chi connectivity index (χ2v) is 11.0. The Bertz CT molecular complexity index is 1550. The molecule has 2 unspecified atom stereocenters. The van der Waals surface area contributed by atoms with Gasteiger partial charge in [-0.15, -0.1) is 0 Å². The first-order valence-corrected chi connectivity index (χ1v) is 14.2. The minimum Gasteiger partial charge on any atom is -0.497 e. The SMILES string of the molecule is COc1ccc(CN2CC3N(CC2=O)C(=O)CC(Cc2ccccc2)N3C(=O)OCc2cc(C(F)(F)F)cc(C(F)(F)F)c2)cc1. The summed E-state index contributed by atoms with van der Waals surface area (Å²) in [6.07, 6.45) is -12.2. The quantitative estimate of drug-likeness (QED) is 0.299. The van der Waals surface area contributed by atoms with Crippen LogP contribution in [0, 0.1) is 0 Å². The summed E-state index contributed by atoms with van der Waals surface area (Å²) in [5, 5.41) is 0. The highest BCUT2D eigenvalue weighted by molar-refractivity contribution is 5.88. The summed E-state index contributed by atoms with van der Waals surface area (Å²) in [5.74, 6) is -0.127. The maximum absolute atomic E-state index is 13.7. The number of piperazine rings is 1. The topological polar surface area (TPSA) is 79.4 Å². The highest BCUT2D eigenvalue weighted by Gasteiger charge is 2.48. The monoisotopic (exact) mass is 649 g/mol. The molecule has 0 saturated carbocycles. The van der Waals surface area contributed by atoms with Crippen molar-refractivity contribution in [2.24, 2.45) is 0 Å². The number of ether oxygens (including phenoxy) is 2. The Labute approximate surface area is 260 Å². The molecule has 2 fully saturated rings. The van der Waals surface area contributed by atoms with Gasteiger partial charge in [0.1, 0.15) is 25.1 Å². The molecule has 244 valence electrons. The number of carbonyl (C=O) groups is 3. The zero-order chi connectivity index (χ0) is 33.2. The van der Waals surface area contributed by atoms with Gasteiger partial charge in [0.05, 0.1) is 24.8 Å². The molecule has 0 radical (unpaired) electrons. The summed E-state index contributed by atoms with van der Waals surface area (Å²) in [7, 11) is 1.51. The fourth-order valence-electron chi connectivity index (χ4n) is 5.66. The van der Waals surface area contributed by atoms with Crippen molar-refractivity contribution >= 4 is 17.9 Å². The molecule has 2 heterocycles. The molecule has 14 heteroatoms. The van der Waals surface area contributed by atoms with Gasteiger partial charge in [-0.25, -0.2) is 4.79 Å². The van der Waals surface area contributed by atoms with E-state index < -0.39 is 54.0 Å². The van der Waals surface area contributed by atoms with Crippen molar-refractivity contribution in [3.8, 4) is 5.75 Å². The Morgan fingerprint density at radius 2 is 1.46 bits per heavy atom. The van der Waals surface area contributed by atoms with Crippen molar-refractivity contribution in [3.05, 3.63) is 101 Å². The van der Waals surface area contributed by atoms with Crippen LogP contribution in [0.3, 0.4) is 0 Å². The molecule has 0 aliphatic carbocycles. The van der Waals surface area contributed by atoms with Crippen LogP contribution in [-0.2, 0) is 46.3 Å². The molecule has 2 aliphatic rings. The molecule has 0 N–H and O–H groups in total. The van der Waals surface area contributed by atoms with Crippen molar-refractivity contribution in [1.82, 2.24) is 14.7 Å². The lowest BCUT2D eigenvalue weighted by molar-refractivity contribution is -0.164. The fraction of sp³-hybridized carbons (Fsp3) is 0.344. The molecule has 5 rings (SSSR count). The first kappa shape index (κ1) is 32.6. The van der Waals surface area contributed by atoms with Crippen LogP contribution >= 0.6 is 0 Å². The summed E-state index contributed by atoms with van der Waals surface area (Å²) in [6, 6.07) is 16.1. The molecule has 3 aromatic carbocycles. The number of nitrogens with zero attached hydrogens (tertiary/aromatic N) is 3. The molecule has 0 aromatic heterocycles. The third kappa shape index (κ3) is 7.37. The van der Waals surface area contributed by atoms with Gasteiger partial charge >= 0.3 is 18.4 Å². The number of halogens is 6. The van der Waals surface area contributed by atoms with Crippen LogP contribution in [0.25, 0.3) is 0 Å². The van der Waals surface area contributed by atoms with E-state index in [0.29, 0.717) is 17.9 Å². The third-order valence-corrected chi connectivity index (χ3v) is 7.91. The van der Waals surface area contributed by atoms with Gasteiger partial charge in [-0.1, -0.05) is 42.5 Å². The summed E-state index contributed by atoms with van der Waals surface area (Å²) < 4.78 is 91.0. The van der Waals surface area contributed by atoms with E-state index in [1.54, 1.807) is 54.6 Å². The number of hydrogen-bond acceptors (Lipinski definition) is 5. The number of alkyl halides is 6. The highest BCUT2D eigenvalue weighted by atomic mass is 19.4. The molecular formula is C32H29F6N3O5. The van der Waals surface area contributed by atoms with E-state index in [2.05, 4.69) is 0 Å². The smallest absolute Gasteiger partial charge is 0.416 e. The minimum absolute atomic E-state index is 0.00816. The number of hydrogen-bond donors (Lipinski definition) is 0. The van der Waals surface area contributed by atoms with Gasteiger partial charge in [0.2, 0.25) is 11.8 Å². The Morgan fingerprint density at radius 3 is 2.04 bits per heavy atom. The Balaban J connectivity index is 1.43. The van der Waals surface area contributed by atoms with Crippen LogP contribution in [0.4, 0.5) is 31.1 Å². The van der Waals surface area contributed by atoms with E-state index in [-0.39, 0.29) is 50.4 Å². The predicted octanol–water partition coefficient (Wildman–Crippen LogP) is 5.88. The van der Waals surface area contributed by atoms with E-state index in [4.69, 9.17) is 9.47 Å². The minimum atomic E-state index is -5.07. The summed E-state index contributed by atoms with van der Waals surface area (Å²) >= 11 is 0. The standard InChI is InChI=1S/C32H29F6N3O5/c1-45-26-9-7-21(8-10-26)16-39-17-27-40(18-29(39)43)28(42)15-25(13-20-5-3-2-4-6-20)41(27)30(44)46-19-22-11-23(31(33,34)35)14-24(12-22)32(36,37)38/h2-12,14,25,27H,13,15-19H2,1H3. The molecule has 8 nitrogen and oxygen atoms in total. The van der Waals surface area contributed by atoms with Gasteiger partial charge in [0.15, 0.2) is 0 Å².